The molecule has 0 aliphatic carbocycles. The van der Waals surface area contributed by atoms with Crippen LogP contribution in [0.15, 0.2) is 18.2 Å². The molecule has 9 heteroatoms. The van der Waals surface area contributed by atoms with Crippen LogP contribution in [0.2, 0.25) is 10.0 Å². The van der Waals surface area contributed by atoms with Gasteiger partial charge in [-0.05, 0) is 18.6 Å². The highest BCUT2D eigenvalue weighted by Crippen LogP contribution is 2.30. The average Bonchev–Trinajstić information content (AvgIpc) is 2.91. The molecule has 0 saturated carbocycles. The number of nitrogens with one attached hydrogen (secondary N) is 1. The fourth-order valence-corrected chi connectivity index (χ4v) is 5.41. The largest absolute Gasteiger partial charge is 0.322 e. The highest BCUT2D eigenvalue weighted by atomic mass is 35.5. The van der Waals surface area contributed by atoms with Gasteiger partial charge in [0.25, 0.3) is 0 Å². The van der Waals surface area contributed by atoms with Gasteiger partial charge in [-0.3, -0.25) is 4.90 Å². The number of sulfone groups is 1. The third-order valence-corrected chi connectivity index (χ3v) is 6.90. The Kier molecular flexibility index (Phi) is 5.24. The van der Waals surface area contributed by atoms with E-state index in [-0.39, 0.29) is 23.6 Å². The summed E-state index contributed by atoms with van der Waals surface area (Å²) in [7, 11) is -2.89. The summed E-state index contributed by atoms with van der Waals surface area (Å²) in [6.45, 7) is 2.43. The molecule has 2 heterocycles. The van der Waals surface area contributed by atoms with Crippen molar-refractivity contribution < 1.29 is 13.2 Å². The van der Waals surface area contributed by atoms with Gasteiger partial charge in [-0.2, -0.15) is 0 Å². The Morgan fingerprint density at radius 3 is 2.29 bits per heavy atom. The molecule has 0 spiro atoms. The normalized spacial score (nSPS) is 24.1. The molecule has 3 rings (SSSR count). The maximum absolute atomic E-state index is 12.4. The van der Waals surface area contributed by atoms with E-state index in [1.807, 2.05) is 0 Å². The Balaban J connectivity index is 1.56. The summed E-state index contributed by atoms with van der Waals surface area (Å²) in [5.74, 6) is 0.498. The van der Waals surface area contributed by atoms with Gasteiger partial charge < -0.3 is 10.2 Å². The third-order valence-electron chi connectivity index (χ3n) is 4.52. The lowest BCUT2D eigenvalue weighted by molar-refractivity contribution is 0.121. The first-order valence-corrected chi connectivity index (χ1v) is 10.4. The molecule has 2 aliphatic heterocycles. The quantitative estimate of drug-likeness (QED) is 0.839. The molecule has 6 nitrogen and oxygen atoms in total. The van der Waals surface area contributed by atoms with Crippen LogP contribution in [-0.4, -0.2) is 68.0 Å². The van der Waals surface area contributed by atoms with Gasteiger partial charge in [-0.1, -0.05) is 29.3 Å². The van der Waals surface area contributed by atoms with Crippen molar-refractivity contribution in [3.63, 3.8) is 0 Å². The number of nitrogens with zero attached hydrogens (tertiary/aromatic N) is 2. The molecule has 2 aliphatic rings. The predicted molar refractivity (Wildman–Crippen MR) is 95.7 cm³/mol. The van der Waals surface area contributed by atoms with Crippen LogP contribution in [0, 0.1) is 0 Å². The van der Waals surface area contributed by atoms with Crippen LogP contribution < -0.4 is 5.32 Å². The molecule has 1 unspecified atom stereocenters. The number of hydrogen-bond donors (Lipinski definition) is 1. The molecule has 0 bridgehead atoms. The lowest BCUT2D eigenvalue weighted by Crippen LogP contribution is -2.53. The predicted octanol–water partition coefficient (Wildman–Crippen LogP) is 2.33. The van der Waals surface area contributed by atoms with E-state index in [2.05, 4.69) is 10.2 Å². The molecule has 0 radical (unpaired) electrons. The van der Waals surface area contributed by atoms with Crippen LogP contribution in [0.3, 0.4) is 0 Å². The Morgan fingerprint density at radius 1 is 1.12 bits per heavy atom. The van der Waals surface area contributed by atoms with Gasteiger partial charge in [0, 0.05) is 32.2 Å². The molecule has 1 atom stereocenters. The number of carbonyl (C=O) groups excluding carboxylic acids is 1. The van der Waals surface area contributed by atoms with E-state index in [4.69, 9.17) is 23.2 Å². The minimum atomic E-state index is -2.89. The van der Waals surface area contributed by atoms with Crippen molar-refractivity contribution in [2.75, 3.05) is 43.0 Å². The Labute approximate surface area is 151 Å². The lowest BCUT2D eigenvalue weighted by Gasteiger charge is -2.37. The fraction of sp³-hybridized carbons (Fsp3) is 0.533. The van der Waals surface area contributed by atoms with E-state index >= 15 is 0 Å². The van der Waals surface area contributed by atoms with Crippen molar-refractivity contribution in [2.24, 2.45) is 0 Å². The van der Waals surface area contributed by atoms with E-state index < -0.39 is 9.84 Å². The number of rotatable bonds is 2. The highest BCUT2D eigenvalue weighted by Gasteiger charge is 2.34. The number of hydrogen-bond acceptors (Lipinski definition) is 4. The Morgan fingerprint density at radius 2 is 1.75 bits per heavy atom. The number of benzene rings is 1. The average molecular weight is 392 g/mol. The summed E-state index contributed by atoms with van der Waals surface area (Å²) < 4.78 is 23.2. The molecule has 1 aromatic rings. The van der Waals surface area contributed by atoms with Crippen molar-refractivity contribution in [2.45, 2.75) is 12.5 Å². The van der Waals surface area contributed by atoms with E-state index in [0.717, 1.165) is 0 Å². The lowest BCUT2D eigenvalue weighted by atomic mass is 10.2. The number of para-hydroxylation sites is 1. The summed E-state index contributed by atoms with van der Waals surface area (Å²) in [5.41, 5.74) is 0.412. The maximum atomic E-state index is 12.4. The van der Waals surface area contributed by atoms with Gasteiger partial charge in [0.15, 0.2) is 9.84 Å². The van der Waals surface area contributed by atoms with Crippen LogP contribution in [0.5, 0.6) is 0 Å². The summed E-state index contributed by atoms with van der Waals surface area (Å²) >= 11 is 12.1. The minimum Gasteiger partial charge on any atom is -0.322 e. The van der Waals surface area contributed by atoms with E-state index in [1.54, 1.807) is 23.1 Å². The molecule has 24 heavy (non-hydrogen) atoms. The highest BCUT2D eigenvalue weighted by molar-refractivity contribution is 7.91. The van der Waals surface area contributed by atoms with Crippen LogP contribution in [0.1, 0.15) is 6.42 Å². The number of carbonyl (C=O) groups is 1. The van der Waals surface area contributed by atoms with Crippen LogP contribution in [0.25, 0.3) is 0 Å². The zero-order chi connectivity index (χ0) is 17.3. The molecule has 1 N–H and O–H groups in total. The third kappa shape index (κ3) is 3.96. The molecule has 132 valence electrons. The van der Waals surface area contributed by atoms with Crippen molar-refractivity contribution >= 4 is 44.8 Å². The molecule has 2 amide bonds. The summed E-state index contributed by atoms with van der Waals surface area (Å²) in [6, 6.07) is 4.89. The second-order valence-electron chi connectivity index (χ2n) is 6.11. The second-order valence-corrected chi connectivity index (χ2v) is 9.15. The first-order chi connectivity index (χ1) is 11.4. The minimum absolute atomic E-state index is 0.0817. The second kappa shape index (κ2) is 7.07. The van der Waals surface area contributed by atoms with Crippen molar-refractivity contribution in [3.05, 3.63) is 28.2 Å². The van der Waals surface area contributed by atoms with Crippen molar-refractivity contribution in [1.29, 1.82) is 0 Å². The smallest absolute Gasteiger partial charge is 0.322 e. The van der Waals surface area contributed by atoms with E-state index in [1.165, 1.54) is 0 Å². The number of anilines is 1. The summed E-state index contributed by atoms with van der Waals surface area (Å²) in [5, 5.41) is 3.54. The molecule has 2 fully saturated rings. The number of halogens is 2. The molecule has 0 aromatic heterocycles. The summed E-state index contributed by atoms with van der Waals surface area (Å²) in [4.78, 5) is 16.2. The standard InChI is InChI=1S/C15H19Cl2N3O3S/c16-12-2-1-3-13(17)14(12)18-15(21)20-7-5-19(6-8-20)11-4-9-24(22,23)10-11/h1-3,11H,4-10H2,(H,18,21). The Hall–Kier alpha value is -1.02. The van der Waals surface area contributed by atoms with Gasteiger partial charge in [-0.25, -0.2) is 13.2 Å². The molecular weight excluding hydrogens is 373 g/mol. The number of urea groups is 1. The van der Waals surface area contributed by atoms with Gasteiger partial charge >= 0.3 is 6.03 Å². The van der Waals surface area contributed by atoms with Crippen LogP contribution in [0.4, 0.5) is 10.5 Å². The van der Waals surface area contributed by atoms with Crippen molar-refractivity contribution in [1.82, 2.24) is 9.80 Å². The van der Waals surface area contributed by atoms with Gasteiger partial charge in [-0.15, -0.1) is 0 Å². The van der Waals surface area contributed by atoms with Crippen LogP contribution >= 0.6 is 23.2 Å². The summed E-state index contributed by atoms with van der Waals surface area (Å²) in [6.07, 6.45) is 0.684. The fourth-order valence-electron chi connectivity index (χ4n) is 3.16. The van der Waals surface area contributed by atoms with Gasteiger partial charge in [0.05, 0.1) is 27.2 Å². The topological polar surface area (TPSA) is 69.7 Å². The van der Waals surface area contributed by atoms with Gasteiger partial charge in [0.1, 0.15) is 0 Å². The van der Waals surface area contributed by atoms with E-state index in [0.29, 0.717) is 48.3 Å². The SMILES string of the molecule is O=C(Nc1c(Cl)cccc1Cl)N1CCN(C2CCS(=O)(=O)C2)CC1. The van der Waals surface area contributed by atoms with Gasteiger partial charge in [0.2, 0.25) is 0 Å². The van der Waals surface area contributed by atoms with E-state index in [9.17, 15) is 13.2 Å². The van der Waals surface area contributed by atoms with Crippen molar-refractivity contribution in [3.8, 4) is 0 Å². The Bertz CT molecular complexity index is 713. The maximum Gasteiger partial charge on any atom is 0.322 e. The zero-order valence-corrected chi connectivity index (χ0v) is 15.4. The molecule has 1 aromatic carbocycles. The monoisotopic (exact) mass is 391 g/mol. The number of amides is 2. The number of piperazine rings is 1. The first kappa shape index (κ1) is 17.8. The first-order valence-electron chi connectivity index (χ1n) is 7.80. The zero-order valence-electron chi connectivity index (χ0n) is 13.0. The van der Waals surface area contributed by atoms with Crippen LogP contribution in [-0.2, 0) is 9.84 Å². The molecule has 2 saturated heterocycles. The molecular formula is C15H19Cl2N3O3S.